The Hall–Kier alpha value is -0.768. The van der Waals surface area contributed by atoms with Gasteiger partial charge in [0, 0.05) is 0 Å². The van der Waals surface area contributed by atoms with Crippen LogP contribution in [0.25, 0.3) is 0 Å². The molecule has 1 aliphatic heterocycles. The van der Waals surface area contributed by atoms with Crippen molar-refractivity contribution < 1.29 is 14.0 Å². The second-order valence-corrected chi connectivity index (χ2v) is 10.3. The Bertz CT molecular complexity index is 554. The molecule has 0 spiro atoms. The minimum atomic E-state index is -1.84. The molecular formula is C12H12FN2O2PbS. The molecule has 1 aliphatic rings. The molecule has 2 rings (SSSR count). The summed E-state index contributed by atoms with van der Waals surface area (Å²) in [7, 11) is 6.83. The first-order chi connectivity index (χ1) is 9.01. The number of carbonyl (C=O) groups excluding carboxylic acids is 2. The molecule has 1 saturated heterocycles. The van der Waals surface area contributed by atoms with Crippen molar-refractivity contribution in [3.8, 4) is 0 Å². The number of rotatable bonds is 3. The van der Waals surface area contributed by atoms with Crippen LogP contribution in [0.5, 0.6) is 0 Å². The first-order valence-electron chi connectivity index (χ1n) is 5.72. The van der Waals surface area contributed by atoms with E-state index in [0.717, 1.165) is 0 Å². The van der Waals surface area contributed by atoms with Gasteiger partial charge in [0.05, 0.1) is 0 Å². The average Bonchev–Trinajstić information content (AvgIpc) is 2.70. The number of benzene rings is 1. The number of nitrogens with zero attached hydrogens (tertiary/aromatic N) is 1. The number of anilines is 1. The van der Waals surface area contributed by atoms with Gasteiger partial charge >= 0.3 is 126 Å². The maximum atomic E-state index is 13.5. The zero-order chi connectivity index (χ0) is 14.0. The molecule has 19 heavy (non-hydrogen) atoms. The molecule has 1 fully saturated rings. The Labute approximate surface area is 125 Å². The Kier molecular flexibility index (Phi) is 4.39. The van der Waals surface area contributed by atoms with E-state index in [1.54, 1.807) is 19.2 Å². The fourth-order valence-electron chi connectivity index (χ4n) is 2.01. The van der Waals surface area contributed by atoms with Gasteiger partial charge in [-0.2, -0.15) is 0 Å². The molecule has 0 aliphatic carbocycles. The van der Waals surface area contributed by atoms with Crippen molar-refractivity contribution in [2.24, 2.45) is 0 Å². The molecule has 7 heteroatoms. The van der Waals surface area contributed by atoms with Crippen molar-refractivity contribution in [1.82, 2.24) is 4.90 Å². The van der Waals surface area contributed by atoms with Crippen molar-refractivity contribution in [3.63, 3.8) is 0 Å². The predicted molar refractivity (Wildman–Crippen MR) is 73.3 cm³/mol. The Morgan fingerprint density at radius 1 is 1.53 bits per heavy atom. The number of hydrogen-bond acceptors (Lipinski definition) is 3. The summed E-state index contributed by atoms with van der Waals surface area (Å²) in [5.74, 6) is -1.16. The zero-order valence-corrected chi connectivity index (χ0v) is 15.0. The van der Waals surface area contributed by atoms with E-state index < -0.39 is 36.9 Å². The van der Waals surface area contributed by atoms with Gasteiger partial charge in [0.25, 0.3) is 0 Å². The molecule has 0 bridgehead atoms. The summed E-state index contributed by atoms with van der Waals surface area (Å²) in [6.45, 7) is 0.535. The molecule has 0 aromatic heterocycles. The van der Waals surface area contributed by atoms with Gasteiger partial charge in [-0.25, -0.2) is 0 Å². The monoisotopic (exact) mass is 475 g/mol. The van der Waals surface area contributed by atoms with Gasteiger partial charge in [-0.15, -0.1) is 0 Å². The summed E-state index contributed by atoms with van der Waals surface area (Å²) in [5.41, 5.74) is 0.0984. The van der Waals surface area contributed by atoms with Gasteiger partial charge in [-0.1, -0.05) is 0 Å². The molecule has 1 atom stereocenters. The second-order valence-electron chi connectivity index (χ2n) is 4.42. The average molecular weight is 475 g/mol. The van der Waals surface area contributed by atoms with Crippen LogP contribution >= 0.6 is 8.65 Å². The van der Waals surface area contributed by atoms with E-state index in [1.807, 2.05) is 0 Å². The number of likely N-dealkylation sites (tertiary alicyclic amines) is 1. The molecule has 1 heterocycles. The maximum absolute atomic E-state index is 13.5. The summed E-state index contributed by atoms with van der Waals surface area (Å²) in [6, 6.07) is 5.91. The van der Waals surface area contributed by atoms with Crippen molar-refractivity contribution in [1.29, 1.82) is 0 Å². The van der Waals surface area contributed by atoms with E-state index in [2.05, 4.69) is 5.32 Å². The van der Waals surface area contributed by atoms with E-state index in [1.165, 1.54) is 17.0 Å². The predicted octanol–water partition coefficient (Wildman–Crippen LogP) is 1.60. The summed E-state index contributed by atoms with van der Waals surface area (Å²) in [4.78, 5) is 26.0. The van der Waals surface area contributed by atoms with Crippen LogP contribution in [0.4, 0.5) is 10.1 Å². The summed E-state index contributed by atoms with van der Waals surface area (Å²) >= 11 is -1.84. The van der Waals surface area contributed by atoms with Crippen LogP contribution in [0, 0.1) is 5.82 Å². The van der Waals surface area contributed by atoms with Crippen molar-refractivity contribution in [3.05, 3.63) is 30.1 Å². The van der Waals surface area contributed by atoms with Crippen molar-refractivity contribution >= 4 is 48.3 Å². The van der Waals surface area contributed by atoms with Crippen molar-refractivity contribution in [2.45, 2.75) is 9.40 Å². The van der Waals surface area contributed by atoms with Gasteiger partial charge in [-0.3, -0.25) is 0 Å². The van der Waals surface area contributed by atoms with Crippen LogP contribution < -0.4 is 5.32 Å². The number of hydrogen-bond donors (Lipinski definition) is 1. The molecule has 4 nitrogen and oxygen atoms in total. The summed E-state index contributed by atoms with van der Waals surface area (Å²) in [6.07, 6.45) is 0.454. The number of halogens is 1. The minimum absolute atomic E-state index is 0.0984. The fraction of sp³-hybridized carbons (Fsp3) is 0.333. The van der Waals surface area contributed by atoms with Crippen LogP contribution in [0.15, 0.2) is 24.3 Å². The Morgan fingerprint density at radius 2 is 2.21 bits per heavy atom. The molecular weight excluding hydrogens is 462 g/mol. The van der Waals surface area contributed by atoms with Crippen LogP contribution in [-0.2, 0) is 9.59 Å². The zero-order valence-electron chi connectivity index (χ0n) is 10.3. The molecule has 1 N–H and O–H groups in total. The Balaban J connectivity index is 2.26. The first kappa shape index (κ1) is 14.6. The second kappa shape index (κ2) is 5.70. The fourth-order valence-corrected chi connectivity index (χ4v) is 7.00. The molecule has 1 aromatic rings. The van der Waals surface area contributed by atoms with Gasteiger partial charge in [0.15, 0.2) is 0 Å². The van der Waals surface area contributed by atoms with Crippen LogP contribution in [0.3, 0.4) is 0 Å². The normalized spacial score (nSPS) is 22.4. The third kappa shape index (κ3) is 2.60. The van der Waals surface area contributed by atoms with Gasteiger partial charge < -0.3 is 0 Å². The number of nitrogens with one attached hydrogen (secondary N) is 1. The number of amides is 2. The third-order valence-electron chi connectivity index (χ3n) is 3.22. The van der Waals surface area contributed by atoms with Gasteiger partial charge in [-0.05, 0) is 0 Å². The van der Waals surface area contributed by atoms with Gasteiger partial charge in [0.1, 0.15) is 0 Å². The van der Waals surface area contributed by atoms with Crippen LogP contribution in [0.1, 0.15) is 6.42 Å². The van der Waals surface area contributed by atoms with Crippen molar-refractivity contribution in [2.75, 3.05) is 18.9 Å². The topological polar surface area (TPSA) is 49.4 Å². The molecule has 1 aromatic carbocycles. The molecule has 1 unspecified atom stereocenters. The van der Waals surface area contributed by atoms with E-state index in [-0.39, 0.29) is 11.6 Å². The van der Waals surface area contributed by atoms with E-state index in [9.17, 15) is 14.0 Å². The summed E-state index contributed by atoms with van der Waals surface area (Å²) in [5, 5.41) is 2.52. The van der Waals surface area contributed by atoms with E-state index in [0.29, 0.717) is 13.0 Å². The van der Waals surface area contributed by atoms with Gasteiger partial charge in [0.2, 0.25) is 0 Å². The number of carbonyl (C=O) groups is 2. The van der Waals surface area contributed by atoms with Crippen LogP contribution in [0.2, 0.25) is 2.97 Å². The standard InChI is InChI=1S/C12H12FN2O2.Pb.S/c1-15-7-6-8(12(15)17)11(16)14-10-5-3-2-4-9(10)13;;/h2-5H,6-7H2,1H3,(H,14,16);;. The number of para-hydroxylation sites is 1. The molecule has 1 radical (unpaired) electrons. The molecule has 99 valence electrons. The molecule has 0 saturated carbocycles. The summed E-state index contributed by atoms with van der Waals surface area (Å²) < 4.78 is 12.5. The van der Waals surface area contributed by atoms with E-state index in [4.69, 9.17) is 8.65 Å². The molecule has 2 amide bonds. The van der Waals surface area contributed by atoms with E-state index >= 15 is 0 Å². The third-order valence-corrected chi connectivity index (χ3v) is 10.3. The first-order valence-corrected chi connectivity index (χ1v) is 12.8. The Morgan fingerprint density at radius 3 is 2.74 bits per heavy atom. The van der Waals surface area contributed by atoms with Crippen LogP contribution in [-0.4, -0.2) is 52.5 Å². The SMILES string of the molecule is CN1CC[C]([Pb]=[S])(C(=O)Nc2ccccc2F)C1=O. The quantitative estimate of drug-likeness (QED) is 0.535.